The number of anilines is 1. The molecule has 0 saturated heterocycles. The third-order valence-electron chi connectivity index (χ3n) is 6.04. The van der Waals surface area contributed by atoms with Gasteiger partial charge in [-0.2, -0.15) is 0 Å². The van der Waals surface area contributed by atoms with Crippen molar-refractivity contribution in [3.8, 4) is 11.5 Å². The van der Waals surface area contributed by atoms with E-state index in [0.29, 0.717) is 23.6 Å². The molecular formula is C28H32ClN3O6S. The van der Waals surface area contributed by atoms with Crippen molar-refractivity contribution < 1.29 is 27.5 Å². The molecule has 1 N–H and O–H groups in total. The number of hydrogen-bond donors (Lipinski definition) is 1. The molecule has 9 nitrogen and oxygen atoms in total. The van der Waals surface area contributed by atoms with E-state index in [-0.39, 0.29) is 28.1 Å². The second kappa shape index (κ2) is 13.3. The van der Waals surface area contributed by atoms with Crippen LogP contribution in [0.2, 0.25) is 5.02 Å². The van der Waals surface area contributed by atoms with Crippen molar-refractivity contribution >= 4 is 39.1 Å². The molecule has 0 saturated carbocycles. The Balaban J connectivity index is 2.06. The molecule has 0 aliphatic heterocycles. The number of nitrogens with zero attached hydrogens (tertiary/aromatic N) is 2. The number of rotatable bonds is 12. The van der Waals surface area contributed by atoms with Crippen LogP contribution in [0.1, 0.15) is 19.4 Å². The third-order valence-corrected chi connectivity index (χ3v) is 8.12. The van der Waals surface area contributed by atoms with Crippen LogP contribution >= 0.6 is 11.6 Å². The summed E-state index contributed by atoms with van der Waals surface area (Å²) in [6.45, 7) is 3.23. The van der Waals surface area contributed by atoms with Gasteiger partial charge in [-0.3, -0.25) is 13.9 Å². The number of sulfonamides is 1. The first kappa shape index (κ1) is 29.8. The van der Waals surface area contributed by atoms with Gasteiger partial charge in [0.05, 0.1) is 29.8 Å². The van der Waals surface area contributed by atoms with E-state index < -0.39 is 28.5 Å². The number of carbonyl (C=O) groups is 2. The first-order valence-corrected chi connectivity index (χ1v) is 14.1. The molecule has 0 aliphatic carbocycles. The van der Waals surface area contributed by atoms with Gasteiger partial charge in [0, 0.05) is 13.1 Å². The highest BCUT2D eigenvalue weighted by atomic mass is 35.5. The van der Waals surface area contributed by atoms with Gasteiger partial charge in [-0.25, -0.2) is 8.42 Å². The van der Waals surface area contributed by atoms with E-state index in [1.165, 1.54) is 49.5 Å². The maximum atomic E-state index is 13.9. The lowest BCUT2D eigenvalue weighted by Gasteiger charge is -2.32. The molecule has 2 amide bonds. The second-order valence-electron chi connectivity index (χ2n) is 8.59. The Kier molecular flexibility index (Phi) is 10.2. The van der Waals surface area contributed by atoms with Crippen LogP contribution in [-0.2, 0) is 26.2 Å². The molecule has 0 aromatic heterocycles. The SMILES string of the molecule is CCNC(=O)[C@H](C)N(Cc1cccc(OC)c1)C(=O)CN(c1ccc(OC)c(Cl)c1)S(=O)(=O)c1ccccc1. The Morgan fingerprint density at radius 3 is 2.31 bits per heavy atom. The smallest absolute Gasteiger partial charge is 0.264 e. The number of ether oxygens (including phenoxy) is 2. The Bertz CT molecular complexity index is 1400. The number of nitrogens with one attached hydrogen (secondary N) is 1. The van der Waals surface area contributed by atoms with E-state index in [1.54, 1.807) is 56.3 Å². The maximum Gasteiger partial charge on any atom is 0.264 e. The zero-order valence-corrected chi connectivity index (χ0v) is 23.8. The molecule has 3 rings (SSSR count). The summed E-state index contributed by atoms with van der Waals surface area (Å²) in [5.74, 6) is 0.00163. The number of likely N-dealkylation sites (N-methyl/N-ethyl adjacent to an activating group) is 1. The number of halogens is 1. The summed E-state index contributed by atoms with van der Waals surface area (Å²) < 4.78 is 39.1. The van der Waals surface area contributed by atoms with E-state index in [9.17, 15) is 18.0 Å². The van der Waals surface area contributed by atoms with Gasteiger partial charge in [-0.05, 0) is 61.9 Å². The van der Waals surface area contributed by atoms with Gasteiger partial charge in [0.15, 0.2) is 0 Å². The van der Waals surface area contributed by atoms with Gasteiger partial charge in [0.25, 0.3) is 10.0 Å². The molecule has 0 bridgehead atoms. The Morgan fingerprint density at radius 1 is 0.974 bits per heavy atom. The molecule has 0 radical (unpaired) electrons. The molecule has 0 unspecified atom stereocenters. The van der Waals surface area contributed by atoms with Crippen LogP contribution in [-0.4, -0.2) is 58.5 Å². The van der Waals surface area contributed by atoms with Crippen molar-refractivity contribution in [2.24, 2.45) is 0 Å². The summed E-state index contributed by atoms with van der Waals surface area (Å²) in [5, 5.41) is 2.91. The Labute approximate surface area is 234 Å². The highest BCUT2D eigenvalue weighted by Gasteiger charge is 2.32. The zero-order chi connectivity index (χ0) is 28.6. The monoisotopic (exact) mass is 573 g/mol. The fraction of sp³-hybridized carbons (Fsp3) is 0.286. The highest BCUT2D eigenvalue weighted by molar-refractivity contribution is 7.92. The van der Waals surface area contributed by atoms with Crippen LogP contribution in [0.15, 0.2) is 77.7 Å². The summed E-state index contributed by atoms with van der Waals surface area (Å²) >= 11 is 6.32. The van der Waals surface area contributed by atoms with Crippen LogP contribution in [0.3, 0.4) is 0 Å². The minimum absolute atomic E-state index is 0.000797. The van der Waals surface area contributed by atoms with E-state index in [2.05, 4.69) is 5.32 Å². The van der Waals surface area contributed by atoms with Crippen molar-refractivity contribution in [1.29, 1.82) is 0 Å². The number of benzene rings is 3. The van der Waals surface area contributed by atoms with Gasteiger partial charge in [0.2, 0.25) is 11.8 Å². The lowest BCUT2D eigenvalue weighted by atomic mass is 10.1. The van der Waals surface area contributed by atoms with Crippen LogP contribution in [0, 0.1) is 0 Å². The molecule has 1 atom stereocenters. The van der Waals surface area contributed by atoms with E-state index >= 15 is 0 Å². The molecule has 0 fully saturated rings. The standard InChI is InChI=1S/C28H32ClN3O6S/c1-5-30-28(34)20(2)31(18-21-10-9-11-23(16-21)37-3)27(33)19-32(22-14-15-26(38-4)25(29)17-22)39(35,36)24-12-7-6-8-13-24/h6-17,20H,5,18-19H2,1-4H3,(H,30,34)/t20-/m0/s1. The number of carbonyl (C=O) groups excluding carboxylic acids is 2. The molecule has 39 heavy (non-hydrogen) atoms. The highest BCUT2D eigenvalue weighted by Crippen LogP contribution is 2.32. The van der Waals surface area contributed by atoms with E-state index in [0.717, 1.165) is 4.31 Å². The molecule has 0 spiro atoms. The first-order chi connectivity index (χ1) is 18.6. The average molecular weight is 574 g/mol. The van der Waals surface area contributed by atoms with E-state index in [1.807, 2.05) is 0 Å². The lowest BCUT2D eigenvalue weighted by molar-refractivity contribution is -0.139. The van der Waals surface area contributed by atoms with E-state index in [4.69, 9.17) is 21.1 Å². The Morgan fingerprint density at radius 2 is 1.69 bits per heavy atom. The molecule has 11 heteroatoms. The van der Waals surface area contributed by atoms with Gasteiger partial charge >= 0.3 is 0 Å². The van der Waals surface area contributed by atoms with Crippen LogP contribution < -0.4 is 19.1 Å². The zero-order valence-electron chi connectivity index (χ0n) is 22.3. The lowest BCUT2D eigenvalue weighted by Crippen LogP contribution is -2.51. The summed E-state index contributed by atoms with van der Waals surface area (Å²) in [5.41, 5.74) is 0.883. The normalized spacial score (nSPS) is 11.8. The molecule has 3 aromatic carbocycles. The first-order valence-electron chi connectivity index (χ1n) is 12.2. The fourth-order valence-electron chi connectivity index (χ4n) is 3.93. The topological polar surface area (TPSA) is 105 Å². The summed E-state index contributed by atoms with van der Waals surface area (Å²) in [6, 6.07) is 18.5. The molecule has 0 heterocycles. The number of hydrogen-bond acceptors (Lipinski definition) is 6. The van der Waals surface area contributed by atoms with Gasteiger partial charge in [-0.15, -0.1) is 0 Å². The average Bonchev–Trinajstić information content (AvgIpc) is 2.94. The predicted octanol–water partition coefficient (Wildman–Crippen LogP) is 4.11. The van der Waals surface area contributed by atoms with Crippen molar-refractivity contribution in [2.75, 3.05) is 31.6 Å². The van der Waals surface area contributed by atoms with Crippen molar-refractivity contribution in [1.82, 2.24) is 10.2 Å². The summed E-state index contributed by atoms with van der Waals surface area (Å²) in [6.07, 6.45) is 0. The molecular weight excluding hydrogens is 542 g/mol. The van der Waals surface area contributed by atoms with Crippen LogP contribution in [0.25, 0.3) is 0 Å². The molecule has 208 valence electrons. The van der Waals surface area contributed by atoms with Gasteiger partial charge in [0.1, 0.15) is 24.1 Å². The second-order valence-corrected chi connectivity index (χ2v) is 10.9. The fourth-order valence-corrected chi connectivity index (χ4v) is 5.61. The van der Waals surface area contributed by atoms with Crippen molar-refractivity contribution in [2.45, 2.75) is 31.3 Å². The number of amides is 2. The number of methoxy groups -OCH3 is 2. The predicted molar refractivity (Wildman–Crippen MR) is 151 cm³/mol. The van der Waals surface area contributed by atoms with Crippen LogP contribution in [0.4, 0.5) is 5.69 Å². The third kappa shape index (κ3) is 7.21. The molecule has 0 aliphatic rings. The summed E-state index contributed by atoms with van der Waals surface area (Å²) in [7, 11) is -1.21. The van der Waals surface area contributed by atoms with Crippen molar-refractivity contribution in [3.63, 3.8) is 0 Å². The minimum atomic E-state index is -4.19. The van der Waals surface area contributed by atoms with Gasteiger partial charge < -0.3 is 19.7 Å². The Hall–Kier alpha value is -3.76. The summed E-state index contributed by atoms with van der Waals surface area (Å²) in [4.78, 5) is 28.0. The van der Waals surface area contributed by atoms with Crippen LogP contribution in [0.5, 0.6) is 11.5 Å². The maximum absolute atomic E-state index is 13.9. The molecule has 3 aromatic rings. The largest absolute Gasteiger partial charge is 0.497 e. The minimum Gasteiger partial charge on any atom is -0.497 e. The van der Waals surface area contributed by atoms with Gasteiger partial charge in [-0.1, -0.05) is 41.9 Å². The van der Waals surface area contributed by atoms with Crippen molar-refractivity contribution in [3.05, 3.63) is 83.4 Å². The quantitative estimate of drug-likeness (QED) is 0.350.